The van der Waals surface area contributed by atoms with Crippen molar-refractivity contribution in [2.45, 2.75) is 19.4 Å². The fourth-order valence-corrected chi connectivity index (χ4v) is 4.82. The molecule has 0 spiro atoms. The Kier molecular flexibility index (Phi) is 4.64. The first-order chi connectivity index (χ1) is 13.4. The maximum Gasteiger partial charge on any atom is 0.212 e. The molecular formula is C21H22N4O2S. The lowest BCUT2D eigenvalue weighted by atomic mass is 9.90. The topological polar surface area (TPSA) is 89.2 Å². The van der Waals surface area contributed by atoms with Gasteiger partial charge in [0.15, 0.2) is 0 Å². The van der Waals surface area contributed by atoms with Gasteiger partial charge in [-0.05, 0) is 54.3 Å². The molecule has 144 valence electrons. The first-order valence-corrected chi connectivity index (χ1v) is 10.9. The number of benzene rings is 1. The van der Waals surface area contributed by atoms with Crippen LogP contribution in [0.4, 0.5) is 5.69 Å². The Morgan fingerprint density at radius 3 is 2.64 bits per heavy atom. The Labute approximate surface area is 165 Å². The molecule has 0 amide bonds. The lowest BCUT2D eigenvalue weighted by molar-refractivity contribution is 0.342. The number of hydrogen-bond donors (Lipinski definition) is 1. The van der Waals surface area contributed by atoms with Crippen LogP contribution in [0, 0.1) is 6.92 Å². The molecule has 0 aliphatic carbocycles. The molecular weight excluding hydrogens is 372 g/mol. The van der Waals surface area contributed by atoms with Crippen molar-refractivity contribution in [2.75, 3.05) is 18.5 Å². The number of nitrogens with zero attached hydrogens (tertiary/aromatic N) is 3. The molecule has 4 rings (SSSR count). The summed E-state index contributed by atoms with van der Waals surface area (Å²) < 4.78 is 26.6. The SMILES string of the molecule is Cc1ccc(C2c3cccc(N)c3CCN2S(C)(=O)=O)nc1-c1ccccn1. The standard InChI is InChI=1S/C21H22N4O2S/c1-14-9-10-19(24-20(14)18-8-3-4-12-23-18)21-16-6-5-7-17(22)15(16)11-13-25(21)28(2,26)27/h3-10,12,21H,11,13,22H2,1-2H3. The molecule has 1 aliphatic rings. The number of aryl methyl sites for hydroxylation is 1. The number of nitrogen functional groups attached to an aromatic ring is 1. The van der Waals surface area contributed by atoms with Crippen molar-refractivity contribution in [1.29, 1.82) is 0 Å². The molecule has 0 saturated heterocycles. The molecule has 3 heterocycles. The first-order valence-electron chi connectivity index (χ1n) is 9.09. The summed E-state index contributed by atoms with van der Waals surface area (Å²) in [5.41, 5.74) is 11.9. The minimum atomic E-state index is -3.43. The van der Waals surface area contributed by atoms with E-state index in [0.29, 0.717) is 24.3 Å². The maximum absolute atomic E-state index is 12.5. The number of aromatic nitrogens is 2. The summed E-state index contributed by atoms with van der Waals surface area (Å²) in [6.07, 6.45) is 3.55. The van der Waals surface area contributed by atoms with Gasteiger partial charge in [0.25, 0.3) is 0 Å². The Hall–Kier alpha value is -2.77. The third kappa shape index (κ3) is 3.27. The van der Waals surface area contributed by atoms with E-state index >= 15 is 0 Å². The van der Waals surface area contributed by atoms with Crippen molar-refractivity contribution in [3.63, 3.8) is 0 Å². The zero-order valence-corrected chi connectivity index (χ0v) is 16.6. The molecule has 0 radical (unpaired) electrons. The van der Waals surface area contributed by atoms with Crippen LogP contribution in [0.15, 0.2) is 54.7 Å². The molecule has 1 aromatic carbocycles. The van der Waals surface area contributed by atoms with Crippen LogP contribution in [-0.2, 0) is 16.4 Å². The molecule has 1 unspecified atom stereocenters. The first kappa shape index (κ1) is 18.6. The van der Waals surface area contributed by atoms with Crippen LogP contribution in [0.25, 0.3) is 11.4 Å². The fourth-order valence-electron chi connectivity index (χ4n) is 3.80. The molecule has 7 heteroatoms. The molecule has 28 heavy (non-hydrogen) atoms. The van der Waals surface area contributed by atoms with Crippen LogP contribution < -0.4 is 5.73 Å². The molecule has 1 atom stereocenters. The molecule has 0 fully saturated rings. The van der Waals surface area contributed by atoms with Gasteiger partial charge in [0.2, 0.25) is 10.0 Å². The Balaban J connectivity index is 1.92. The van der Waals surface area contributed by atoms with Crippen molar-refractivity contribution >= 4 is 15.7 Å². The lowest BCUT2D eigenvalue weighted by Crippen LogP contribution is -2.40. The smallest absolute Gasteiger partial charge is 0.212 e. The van der Waals surface area contributed by atoms with E-state index in [4.69, 9.17) is 10.7 Å². The van der Waals surface area contributed by atoms with Crippen molar-refractivity contribution in [3.8, 4) is 11.4 Å². The summed E-state index contributed by atoms with van der Waals surface area (Å²) in [5, 5.41) is 0. The zero-order valence-electron chi connectivity index (χ0n) is 15.8. The van der Waals surface area contributed by atoms with E-state index < -0.39 is 16.1 Å². The van der Waals surface area contributed by atoms with Crippen molar-refractivity contribution in [3.05, 3.63) is 77.1 Å². The second-order valence-corrected chi connectivity index (χ2v) is 8.99. The summed E-state index contributed by atoms with van der Waals surface area (Å²) in [6, 6.07) is 14.7. The van der Waals surface area contributed by atoms with Gasteiger partial charge in [0, 0.05) is 18.4 Å². The van der Waals surface area contributed by atoms with Gasteiger partial charge in [-0.1, -0.05) is 24.3 Å². The maximum atomic E-state index is 12.5. The second-order valence-electron chi connectivity index (χ2n) is 7.06. The Morgan fingerprint density at radius 2 is 1.93 bits per heavy atom. The van der Waals surface area contributed by atoms with Gasteiger partial charge < -0.3 is 5.73 Å². The van der Waals surface area contributed by atoms with Crippen molar-refractivity contribution < 1.29 is 8.42 Å². The monoisotopic (exact) mass is 394 g/mol. The summed E-state index contributed by atoms with van der Waals surface area (Å²) in [7, 11) is -3.43. The summed E-state index contributed by atoms with van der Waals surface area (Å²) in [5.74, 6) is 0. The number of sulfonamides is 1. The minimum Gasteiger partial charge on any atom is -0.398 e. The van der Waals surface area contributed by atoms with Gasteiger partial charge in [0.05, 0.1) is 29.4 Å². The number of pyridine rings is 2. The van der Waals surface area contributed by atoms with Gasteiger partial charge in [-0.15, -0.1) is 0 Å². The normalized spacial score (nSPS) is 17.3. The van der Waals surface area contributed by atoms with E-state index in [1.54, 1.807) is 6.20 Å². The second kappa shape index (κ2) is 7.00. The van der Waals surface area contributed by atoms with E-state index in [9.17, 15) is 8.42 Å². The van der Waals surface area contributed by atoms with Gasteiger partial charge in [0.1, 0.15) is 0 Å². The van der Waals surface area contributed by atoms with Crippen molar-refractivity contribution in [2.24, 2.45) is 0 Å². The Bertz CT molecular complexity index is 1130. The summed E-state index contributed by atoms with van der Waals surface area (Å²) in [4.78, 5) is 9.26. The van der Waals surface area contributed by atoms with Crippen LogP contribution >= 0.6 is 0 Å². The van der Waals surface area contributed by atoms with Gasteiger partial charge in [-0.3, -0.25) is 4.98 Å². The van der Waals surface area contributed by atoms with Crippen LogP contribution in [0.5, 0.6) is 0 Å². The molecule has 6 nitrogen and oxygen atoms in total. The van der Waals surface area contributed by atoms with E-state index in [1.807, 2.05) is 55.5 Å². The quantitative estimate of drug-likeness (QED) is 0.690. The summed E-state index contributed by atoms with van der Waals surface area (Å²) >= 11 is 0. The van der Waals surface area contributed by atoms with E-state index in [0.717, 1.165) is 28.1 Å². The molecule has 2 aromatic heterocycles. The Morgan fingerprint density at radius 1 is 1.11 bits per heavy atom. The largest absolute Gasteiger partial charge is 0.398 e. The average Bonchev–Trinajstić information content (AvgIpc) is 2.68. The lowest BCUT2D eigenvalue weighted by Gasteiger charge is -2.36. The van der Waals surface area contributed by atoms with E-state index in [-0.39, 0.29) is 0 Å². The predicted molar refractivity (Wildman–Crippen MR) is 110 cm³/mol. The number of anilines is 1. The van der Waals surface area contributed by atoms with E-state index in [2.05, 4.69) is 4.98 Å². The molecule has 1 aliphatic heterocycles. The highest BCUT2D eigenvalue weighted by Crippen LogP contribution is 2.38. The molecule has 3 aromatic rings. The van der Waals surface area contributed by atoms with Crippen LogP contribution in [0.3, 0.4) is 0 Å². The number of nitrogens with two attached hydrogens (primary N) is 1. The van der Waals surface area contributed by atoms with Gasteiger partial charge in [-0.2, -0.15) is 4.31 Å². The van der Waals surface area contributed by atoms with Crippen LogP contribution in [0.1, 0.15) is 28.4 Å². The molecule has 0 bridgehead atoms. The highest BCUT2D eigenvalue weighted by atomic mass is 32.2. The number of rotatable bonds is 3. The van der Waals surface area contributed by atoms with Gasteiger partial charge in [-0.25, -0.2) is 13.4 Å². The van der Waals surface area contributed by atoms with E-state index in [1.165, 1.54) is 10.6 Å². The highest BCUT2D eigenvalue weighted by molar-refractivity contribution is 7.88. The van der Waals surface area contributed by atoms with Crippen molar-refractivity contribution in [1.82, 2.24) is 14.3 Å². The number of hydrogen-bond acceptors (Lipinski definition) is 5. The zero-order chi connectivity index (χ0) is 19.9. The third-order valence-electron chi connectivity index (χ3n) is 5.15. The highest BCUT2D eigenvalue weighted by Gasteiger charge is 2.36. The third-order valence-corrected chi connectivity index (χ3v) is 6.39. The molecule has 2 N–H and O–H groups in total. The van der Waals surface area contributed by atoms with Crippen LogP contribution in [-0.4, -0.2) is 35.5 Å². The predicted octanol–water partition coefficient (Wildman–Crippen LogP) is 2.94. The van der Waals surface area contributed by atoms with Crippen LogP contribution in [0.2, 0.25) is 0 Å². The fraction of sp³-hybridized carbons (Fsp3) is 0.238. The minimum absolute atomic E-state index is 0.374. The average molecular weight is 395 g/mol. The number of fused-ring (bicyclic) bond motifs is 1. The van der Waals surface area contributed by atoms with Gasteiger partial charge >= 0.3 is 0 Å². The molecule has 0 saturated carbocycles. The summed E-state index contributed by atoms with van der Waals surface area (Å²) in [6.45, 7) is 2.35.